The third-order valence-electron chi connectivity index (χ3n) is 3.57. The Morgan fingerprint density at radius 2 is 1.53 bits per heavy atom. The molecule has 0 bridgehead atoms. The standard InChI is InChI=1S/C16H17NOS/c1-19(18)11-10-17-16-14-8-4-2-6-12(14)13-7-3-5-9-15(13)16/h2-9,16-17H,10-11H2,1H3. The fraction of sp³-hybridized carbons (Fsp3) is 0.250. The van der Waals surface area contributed by atoms with Gasteiger partial charge in [-0.2, -0.15) is 0 Å². The maximum Gasteiger partial charge on any atom is 0.0589 e. The third kappa shape index (κ3) is 2.36. The Balaban J connectivity index is 1.93. The average molecular weight is 271 g/mol. The van der Waals surface area contributed by atoms with Gasteiger partial charge in [0, 0.05) is 29.4 Å². The highest BCUT2D eigenvalue weighted by atomic mass is 32.2. The number of benzene rings is 2. The molecule has 0 fully saturated rings. The molecule has 1 atom stereocenters. The molecule has 1 aliphatic rings. The van der Waals surface area contributed by atoms with Crippen molar-refractivity contribution in [3.05, 3.63) is 59.7 Å². The van der Waals surface area contributed by atoms with E-state index < -0.39 is 10.8 Å². The van der Waals surface area contributed by atoms with Crippen molar-refractivity contribution in [1.29, 1.82) is 0 Å². The molecule has 3 heteroatoms. The van der Waals surface area contributed by atoms with Gasteiger partial charge in [0.25, 0.3) is 0 Å². The second-order valence-electron chi connectivity index (χ2n) is 4.84. The normalized spacial score (nSPS) is 15.0. The summed E-state index contributed by atoms with van der Waals surface area (Å²) in [5.41, 5.74) is 5.28. The molecule has 0 aromatic heterocycles. The van der Waals surface area contributed by atoms with Crippen molar-refractivity contribution in [2.24, 2.45) is 0 Å². The van der Waals surface area contributed by atoms with Crippen LogP contribution in [0.25, 0.3) is 11.1 Å². The summed E-state index contributed by atoms with van der Waals surface area (Å²) in [4.78, 5) is 0. The predicted molar refractivity (Wildman–Crippen MR) is 80.7 cm³/mol. The van der Waals surface area contributed by atoms with Gasteiger partial charge < -0.3 is 5.32 Å². The molecule has 0 radical (unpaired) electrons. The van der Waals surface area contributed by atoms with Crippen LogP contribution < -0.4 is 5.32 Å². The van der Waals surface area contributed by atoms with Crippen molar-refractivity contribution >= 4 is 10.8 Å². The van der Waals surface area contributed by atoms with Crippen LogP contribution in [0.4, 0.5) is 0 Å². The summed E-state index contributed by atoms with van der Waals surface area (Å²) in [6.45, 7) is 0.774. The van der Waals surface area contributed by atoms with Gasteiger partial charge in [-0.25, -0.2) is 0 Å². The molecule has 0 heterocycles. The van der Waals surface area contributed by atoms with E-state index in [-0.39, 0.29) is 6.04 Å². The number of hydrogen-bond donors (Lipinski definition) is 1. The summed E-state index contributed by atoms with van der Waals surface area (Å²) in [5.74, 6) is 0.695. The van der Waals surface area contributed by atoms with Crippen molar-refractivity contribution < 1.29 is 4.21 Å². The van der Waals surface area contributed by atoms with Crippen LogP contribution in [-0.2, 0) is 10.8 Å². The van der Waals surface area contributed by atoms with Crippen LogP contribution in [0.15, 0.2) is 48.5 Å². The molecule has 0 amide bonds. The molecule has 1 N–H and O–H groups in total. The molecule has 1 aliphatic carbocycles. The second-order valence-corrected chi connectivity index (χ2v) is 6.39. The molecule has 2 aromatic rings. The first-order chi connectivity index (χ1) is 9.27. The van der Waals surface area contributed by atoms with Crippen molar-refractivity contribution in [1.82, 2.24) is 5.32 Å². The molecule has 0 spiro atoms. The van der Waals surface area contributed by atoms with E-state index in [2.05, 4.69) is 53.8 Å². The van der Waals surface area contributed by atoms with Gasteiger partial charge >= 0.3 is 0 Å². The van der Waals surface area contributed by atoms with E-state index in [4.69, 9.17) is 0 Å². The smallest absolute Gasteiger partial charge is 0.0589 e. The number of rotatable bonds is 4. The van der Waals surface area contributed by atoms with Gasteiger partial charge in [-0.15, -0.1) is 0 Å². The SMILES string of the molecule is CS(=O)CCNC1c2ccccc2-c2ccccc21. The quantitative estimate of drug-likeness (QED) is 0.926. The first-order valence-corrected chi connectivity index (χ1v) is 8.22. The fourth-order valence-electron chi connectivity index (χ4n) is 2.72. The Hall–Kier alpha value is -1.45. The van der Waals surface area contributed by atoms with Crippen LogP contribution in [0, 0.1) is 0 Å². The largest absolute Gasteiger partial charge is 0.305 e. The van der Waals surface area contributed by atoms with Crippen molar-refractivity contribution in [3.8, 4) is 11.1 Å². The van der Waals surface area contributed by atoms with Gasteiger partial charge in [-0.3, -0.25) is 4.21 Å². The topological polar surface area (TPSA) is 29.1 Å². The van der Waals surface area contributed by atoms with E-state index in [1.165, 1.54) is 22.3 Å². The van der Waals surface area contributed by atoms with Crippen LogP contribution in [-0.4, -0.2) is 22.8 Å². The zero-order chi connectivity index (χ0) is 13.2. The van der Waals surface area contributed by atoms with Gasteiger partial charge in [-0.1, -0.05) is 48.5 Å². The lowest BCUT2D eigenvalue weighted by molar-refractivity contribution is 0.637. The summed E-state index contributed by atoms with van der Waals surface area (Å²) >= 11 is 0. The van der Waals surface area contributed by atoms with Crippen LogP contribution in [0.2, 0.25) is 0 Å². The molecular formula is C16H17NOS. The summed E-state index contributed by atoms with van der Waals surface area (Å²) < 4.78 is 11.2. The lowest BCUT2D eigenvalue weighted by Crippen LogP contribution is -2.25. The predicted octanol–water partition coefficient (Wildman–Crippen LogP) is 2.72. The second kappa shape index (κ2) is 5.27. The van der Waals surface area contributed by atoms with Crippen molar-refractivity contribution in [2.75, 3.05) is 18.6 Å². The van der Waals surface area contributed by atoms with Crippen molar-refractivity contribution in [2.45, 2.75) is 6.04 Å². The minimum Gasteiger partial charge on any atom is -0.305 e. The minimum atomic E-state index is -0.744. The van der Waals surface area contributed by atoms with E-state index in [1.54, 1.807) is 6.26 Å². The van der Waals surface area contributed by atoms with E-state index in [0.29, 0.717) is 5.75 Å². The Morgan fingerprint density at radius 3 is 2.05 bits per heavy atom. The van der Waals surface area contributed by atoms with E-state index in [0.717, 1.165) is 6.54 Å². The lowest BCUT2D eigenvalue weighted by Gasteiger charge is -2.15. The first kappa shape index (κ1) is 12.6. The van der Waals surface area contributed by atoms with Crippen LogP contribution in [0.3, 0.4) is 0 Å². The van der Waals surface area contributed by atoms with E-state index in [1.807, 2.05) is 0 Å². The minimum absolute atomic E-state index is 0.232. The average Bonchev–Trinajstić information content (AvgIpc) is 2.74. The molecule has 19 heavy (non-hydrogen) atoms. The monoisotopic (exact) mass is 271 g/mol. The number of hydrogen-bond acceptors (Lipinski definition) is 2. The molecule has 0 saturated carbocycles. The Kier molecular flexibility index (Phi) is 3.49. The number of nitrogens with one attached hydrogen (secondary N) is 1. The maximum absolute atomic E-state index is 11.2. The molecule has 1 unspecified atom stereocenters. The Bertz CT molecular complexity index is 578. The highest BCUT2D eigenvalue weighted by Crippen LogP contribution is 2.42. The van der Waals surface area contributed by atoms with Crippen molar-refractivity contribution in [3.63, 3.8) is 0 Å². The molecule has 98 valence electrons. The van der Waals surface area contributed by atoms with Gasteiger partial charge in [0.1, 0.15) is 0 Å². The molecular weight excluding hydrogens is 254 g/mol. The maximum atomic E-state index is 11.2. The lowest BCUT2D eigenvalue weighted by atomic mass is 10.1. The van der Waals surface area contributed by atoms with Gasteiger partial charge in [-0.05, 0) is 22.3 Å². The van der Waals surface area contributed by atoms with Gasteiger partial charge in [0.2, 0.25) is 0 Å². The van der Waals surface area contributed by atoms with Gasteiger partial charge in [0.15, 0.2) is 0 Å². The molecule has 0 saturated heterocycles. The molecule has 2 nitrogen and oxygen atoms in total. The third-order valence-corrected chi connectivity index (χ3v) is 4.35. The van der Waals surface area contributed by atoms with E-state index >= 15 is 0 Å². The summed E-state index contributed by atoms with van der Waals surface area (Å²) in [6.07, 6.45) is 1.75. The Labute approximate surface area is 116 Å². The molecule has 3 rings (SSSR count). The summed E-state index contributed by atoms with van der Waals surface area (Å²) in [6, 6.07) is 17.3. The highest BCUT2D eigenvalue weighted by Gasteiger charge is 2.27. The van der Waals surface area contributed by atoms with Gasteiger partial charge in [0.05, 0.1) is 6.04 Å². The highest BCUT2D eigenvalue weighted by molar-refractivity contribution is 7.84. The number of fused-ring (bicyclic) bond motifs is 3. The van der Waals surface area contributed by atoms with Crippen LogP contribution in [0.1, 0.15) is 17.2 Å². The first-order valence-electron chi connectivity index (χ1n) is 6.49. The zero-order valence-electron chi connectivity index (χ0n) is 10.9. The summed E-state index contributed by atoms with van der Waals surface area (Å²) in [7, 11) is -0.744. The van der Waals surface area contributed by atoms with Crippen LogP contribution >= 0.6 is 0 Å². The fourth-order valence-corrected chi connectivity index (χ4v) is 3.13. The molecule has 0 aliphatic heterocycles. The molecule has 2 aromatic carbocycles. The Morgan fingerprint density at radius 1 is 1.00 bits per heavy atom. The zero-order valence-corrected chi connectivity index (χ0v) is 11.7. The summed E-state index contributed by atoms with van der Waals surface area (Å²) in [5, 5.41) is 3.53. The van der Waals surface area contributed by atoms with E-state index in [9.17, 15) is 4.21 Å². The van der Waals surface area contributed by atoms with Crippen LogP contribution in [0.5, 0.6) is 0 Å².